The van der Waals surface area contributed by atoms with Crippen LogP contribution in [0, 0.1) is 11.6 Å². The molecule has 174 valence electrons. The van der Waals surface area contributed by atoms with E-state index in [1.165, 1.54) is 4.90 Å². The highest BCUT2D eigenvalue weighted by molar-refractivity contribution is 7.89. The first-order chi connectivity index (χ1) is 15.8. The Labute approximate surface area is 194 Å². The Morgan fingerprint density at radius 3 is 2.36 bits per heavy atom. The van der Waals surface area contributed by atoms with E-state index < -0.39 is 26.6 Å². The Balaban J connectivity index is 1.33. The van der Waals surface area contributed by atoms with Crippen LogP contribution in [0.5, 0.6) is 0 Å². The van der Waals surface area contributed by atoms with Crippen LogP contribution in [0.25, 0.3) is 11.3 Å². The van der Waals surface area contributed by atoms with Gasteiger partial charge in [0.05, 0.1) is 11.2 Å². The number of rotatable bonds is 6. The maximum atomic E-state index is 14.0. The van der Waals surface area contributed by atoms with Crippen LogP contribution < -0.4 is 0 Å². The molecule has 3 aromatic rings. The van der Waals surface area contributed by atoms with Crippen LogP contribution in [0.1, 0.15) is 12.3 Å². The monoisotopic (exact) mass is 495 g/mol. The molecule has 0 unspecified atom stereocenters. The highest BCUT2D eigenvalue weighted by atomic mass is 35.5. The van der Waals surface area contributed by atoms with E-state index in [0.717, 1.165) is 22.5 Å². The van der Waals surface area contributed by atoms with Gasteiger partial charge in [-0.15, -0.1) is 0 Å². The van der Waals surface area contributed by atoms with Gasteiger partial charge in [0.15, 0.2) is 16.5 Å². The third kappa shape index (κ3) is 4.92. The Bertz CT molecular complexity index is 1250. The molecule has 0 atom stereocenters. The van der Waals surface area contributed by atoms with Gasteiger partial charge in [-0.1, -0.05) is 29.8 Å². The smallest absolute Gasteiger partial charge is 0.249 e. The van der Waals surface area contributed by atoms with Crippen LogP contribution in [-0.4, -0.2) is 54.7 Å². The Kier molecular flexibility index (Phi) is 6.78. The lowest BCUT2D eigenvalue weighted by atomic mass is 10.2. The maximum Gasteiger partial charge on any atom is 0.249 e. The number of nitrogens with zero attached hydrogens (tertiary/aromatic N) is 3. The molecule has 1 fully saturated rings. The number of carbonyl (C=O) groups excluding carboxylic acids is 1. The molecule has 1 aliphatic rings. The summed E-state index contributed by atoms with van der Waals surface area (Å²) in [6, 6.07) is 10.1. The molecule has 0 bridgehead atoms. The first kappa shape index (κ1) is 23.3. The van der Waals surface area contributed by atoms with E-state index in [1.807, 2.05) is 6.07 Å². The normalized spacial score (nSPS) is 15.1. The maximum absolute atomic E-state index is 14.0. The van der Waals surface area contributed by atoms with Crippen molar-refractivity contribution in [2.24, 2.45) is 0 Å². The highest BCUT2D eigenvalue weighted by Gasteiger charge is 2.34. The van der Waals surface area contributed by atoms with E-state index in [9.17, 15) is 22.0 Å². The molecule has 1 aromatic heterocycles. The van der Waals surface area contributed by atoms with Crippen molar-refractivity contribution in [2.75, 3.05) is 26.2 Å². The van der Waals surface area contributed by atoms with Gasteiger partial charge >= 0.3 is 0 Å². The van der Waals surface area contributed by atoms with Crippen molar-refractivity contribution >= 4 is 27.5 Å². The number of hydrogen-bond acceptors (Lipinski definition) is 5. The number of piperazine rings is 1. The van der Waals surface area contributed by atoms with Crippen molar-refractivity contribution in [1.29, 1.82) is 0 Å². The molecule has 0 spiro atoms. The van der Waals surface area contributed by atoms with E-state index in [2.05, 4.69) is 4.98 Å². The lowest BCUT2D eigenvalue weighted by molar-refractivity contribution is -0.132. The minimum absolute atomic E-state index is 0.0580. The molecule has 0 N–H and O–H groups in total. The zero-order valence-electron chi connectivity index (χ0n) is 17.4. The molecule has 2 heterocycles. The van der Waals surface area contributed by atoms with Gasteiger partial charge in [-0.2, -0.15) is 4.31 Å². The molecule has 1 aliphatic heterocycles. The number of oxazole rings is 1. The van der Waals surface area contributed by atoms with Crippen molar-refractivity contribution in [3.63, 3.8) is 0 Å². The van der Waals surface area contributed by atoms with Crippen LogP contribution in [0.2, 0.25) is 5.02 Å². The van der Waals surface area contributed by atoms with Crippen molar-refractivity contribution in [1.82, 2.24) is 14.2 Å². The van der Waals surface area contributed by atoms with Gasteiger partial charge in [-0.05, 0) is 24.3 Å². The standard InChI is InChI=1S/C22H20ClF2N3O4S/c23-16-5-2-1-4-15(16)19-14-26-20(32-19)8-9-21(29)27-10-12-28(13-11-27)33(30,31)22-17(24)6-3-7-18(22)25/h1-7,14H,8-13H2. The van der Waals surface area contributed by atoms with Crippen LogP contribution in [0.3, 0.4) is 0 Å². The van der Waals surface area contributed by atoms with E-state index in [0.29, 0.717) is 22.2 Å². The number of aromatic nitrogens is 1. The van der Waals surface area contributed by atoms with E-state index in [-0.39, 0.29) is 44.9 Å². The van der Waals surface area contributed by atoms with E-state index >= 15 is 0 Å². The van der Waals surface area contributed by atoms with Gasteiger partial charge in [0.1, 0.15) is 11.6 Å². The van der Waals surface area contributed by atoms with Gasteiger partial charge in [-0.3, -0.25) is 4.79 Å². The molecular weight excluding hydrogens is 476 g/mol. The van der Waals surface area contributed by atoms with Crippen LogP contribution in [-0.2, 0) is 21.2 Å². The third-order valence-corrected chi connectivity index (χ3v) is 7.63. The molecule has 0 saturated carbocycles. The Morgan fingerprint density at radius 2 is 1.70 bits per heavy atom. The predicted octanol–water partition coefficient (Wildman–Crippen LogP) is 3.74. The second-order valence-corrected chi connectivity index (χ2v) is 9.72. The van der Waals surface area contributed by atoms with Crippen LogP contribution >= 0.6 is 11.6 Å². The highest BCUT2D eigenvalue weighted by Crippen LogP contribution is 2.28. The summed E-state index contributed by atoms with van der Waals surface area (Å²) in [5.74, 6) is -1.59. The zero-order chi connectivity index (χ0) is 23.6. The molecule has 2 aromatic carbocycles. The summed E-state index contributed by atoms with van der Waals surface area (Å²) < 4.78 is 60.0. The molecule has 11 heteroatoms. The SMILES string of the molecule is O=C(CCc1ncc(-c2ccccc2Cl)o1)N1CCN(S(=O)(=O)c2c(F)cccc2F)CC1. The number of carbonyl (C=O) groups is 1. The molecule has 7 nitrogen and oxygen atoms in total. The summed E-state index contributed by atoms with van der Waals surface area (Å²) in [4.78, 5) is 17.3. The first-order valence-corrected chi connectivity index (χ1v) is 12.0. The summed E-state index contributed by atoms with van der Waals surface area (Å²) in [7, 11) is -4.35. The largest absolute Gasteiger partial charge is 0.441 e. The van der Waals surface area contributed by atoms with E-state index in [4.69, 9.17) is 16.0 Å². The Morgan fingerprint density at radius 1 is 1.03 bits per heavy atom. The van der Waals surface area contributed by atoms with Crippen molar-refractivity contribution in [2.45, 2.75) is 17.7 Å². The summed E-state index contributed by atoms with van der Waals surface area (Å²) in [6.07, 6.45) is 1.94. The molecule has 1 saturated heterocycles. The fourth-order valence-corrected chi connectivity index (χ4v) is 5.38. The summed E-state index contributed by atoms with van der Waals surface area (Å²) in [6.45, 7) is 0.115. The van der Waals surface area contributed by atoms with Gasteiger partial charge < -0.3 is 9.32 Å². The number of amides is 1. The second-order valence-electron chi connectivity index (χ2n) is 7.43. The van der Waals surface area contributed by atoms with Gasteiger partial charge in [0.25, 0.3) is 0 Å². The average molecular weight is 496 g/mol. The third-order valence-electron chi connectivity index (χ3n) is 5.35. The number of hydrogen-bond donors (Lipinski definition) is 0. The Hall–Kier alpha value is -2.82. The lowest BCUT2D eigenvalue weighted by Gasteiger charge is -2.34. The van der Waals surface area contributed by atoms with E-state index in [1.54, 1.807) is 24.4 Å². The quantitative estimate of drug-likeness (QED) is 0.520. The predicted molar refractivity (Wildman–Crippen MR) is 117 cm³/mol. The second kappa shape index (κ2) is 9.58. The summed E-state index contributed by atoms with van der Waals surface area (Å²) >= 11 is 6.16. The zero-order valence-corrected chi connectivity index (χ0v) is 19.0. The van der Waals surface area contributed by atoms with Crippen molar-refractivity contribution in [3.05, 3.63) is 71.2 Å². The van der Waals surface area contributed by atoms with Crippen molar-refractivity contribution < 1.29 is 26.4 Å². The molecule has 0 aliphatic carbocycles. The number of sulfonamides is 1. The molecule has 33 heavy (non-hydrogen) atoms. The fraction of sp³-hybridized carbons (Fsp3) is 0.273. The van der Waals surface area contributed by atoms with Gasteiger partial charge in [0.2, 0.25) is 15.9 Å². The summed E-state index contributed by atoms with van der Waals surface area (Å²) in [5.41, 5.74) is 0.702. The molecule has 1 amide bonds. The average Bonchev–Trinajstić information content (AvgIpc) is 3.26. The molecule has 4 rings (SSSR count). The van der Waals surface area contributed by atoms with Gasteiger partial charge in [-0.25, -0.2) is 22.2 Å². The topological polar surface area (TPSA) is 83.7 Å². The molecule has 0 radical (unpaired) electrons. The lowest BCUT2D eigenvalue weighted by Crippen LogP contribution is -2.50. The van der Waals surface area contributed by atoms with Crippen LogP contribution in [0.4, 0.5) is 8.78 Å². The number of aryl methyl sites for hydroxylation is 1. The minimum Gasteiger partial charge on any atom is -0.441 e. The number of benzene rings is 2. The molecular formula is C22H20ClF2N3O4S. The first-order valence-electron chi connectivity index (χ1n) is 10.2. The fourth-order valence-electron chi connectivity index (χ4n) is 3.62. The van der Waals surface area contributed by atoms with Crippen molar-refractivity contribution in [3.8, 4) is 11.3 Å². The number of halogens is 3. The van der Waals surface area contributed by atoms with Crippen LogP contribution in [0.15, 0.2) is 58.0 Å². The summed E-state index contributed by atoms with van der Waals surface area (Å²) in [5, 5.41) is 0.527. The van der Waals surface area contributed by atoms with Gasteiger partial charge in [0, 0.05) is 44.6 Å². The minimum atomic E-state index is -4.35.